The standard InChI is InChI=1S/C17H26ClN3O3/c1-3-14-15(18)16(20-11-19-14)21-12-5-7-17(8-6-12)23-10-13(24-17)9-22-4-2/h11-13H,3-10H2,1-2H3,(H,19,20,21). The topological polar surface area (TPSA) is 65.5 Å². The van der Waals surface area contributed by atoms with Crippen molar-refractivity contribution in [3.8, 4) is 0 Å². The fourth-order valence-corrected chi connectivity index (χ4v) is 3.64. The van der Waals surface area contributed by atoms with Gasteiger partial charge in [0.2, 0.25) is 0 Å². The molecule has 1 atom stereocenters. The van der Waals surface area contributed by atoms with Crippen molar-refractivity contribution in [1.29, 1.82) is 0 Å². The first-order valence-electron chi connectivity index (χ1n) is 8.81. The van der Waals surface area contributed by atoms with Crippen molar-refractivity contribution in [2.24, 2.45) is 0 Å². The first-order valence-corrected chi connectivity index (χ1v) is 9.19. The minimum Gasteiger partial charge on any atom is -0.379 e. The molecule has 1 unspecified atom stereocenters. The van der Waals surface area contributed by atoms with Gasteiger partial charge in [0.1, 0.15) is 23.3 Å². The van der Waals surface area contributed by atoms with Crippen LogP contribution in [0.2, 0.25) is 5.02 Å². The van der Waals surface area contributed by atoms with E-state index in [0.717, 1.165) is 43.6 Å². The summed E-state index contributed by atoms with van der Waals surface area (Å²) in [5.74, 6) is 0.302. The summed E-state index contributed by atoms with van der Waals surface area (Å²) in [6, 6.07) is 0.325. The van der Waals surface area contributed by atoms with E-state index in [4.69, 9.17) is 25.8 Å². The zero-order chi connectivity index (χ0) is 17.0. The average Bonchev–Trinajstić information content (AvgIpc) is 3.00. The number of hydrogen-bond acceptors (Lipinski definition) is 6. The summed E-state index contributed by atoms with van der Waals surface area (Å²) in [4.78, 5) is 8.49. The first-order chi connectivity index (χ1) is 11.7. The van der Waals surface area contributed by atoms with Gasteiger partial charge in [0.15, 0.2) is 5.79 Å². The molecule has 3 rings (SSSR count). The molecule has 2 aliphatic rings. The van der Waals surface area contributed by atoms with E-state index in [1.807, 2.05) is 13.8 Å². The zero-order valence-corrected chi connectivity index (χ0v) is 15.1. The quantitative estimate of drug-likeness (QED) is 0.845. The summed E-state index contributed by atoms with van der Waals surface area (Å²) in [7, 11) is 0. The van der Waals surface area contributed by atoms with Gasteiger partial charge in [0, 0.05) is 25.5 Å². The van der Waals surface area contributed by atoms with Crippen LogP contribution in [0.5, 0.6) is 0 Å². The van der Waals surface area contributed by atoms with Crippen LogP contribution in [-0.4, -0.2) is 47.7 Å². The molecule has 1 aliphatic carbocycles. The molecule has 1 spiro atoms. The number of nitrogens with zero attached hydrogens (tertiary/aromatic N) is 2. The maximum absolute atomic E-state index is 6.37. The molecule has 1 aromatic heterocycles. The molecular formula is C17H26ClN3O3. The van der Waals surface area contributed by atoms with Crippen molar-refractivity contribution >= 4 is 17.4 Å². The summed E-state index contributed by atoms with van der Waals surface area (Å²) >= 11 is 6.37. The third kappa shape index (κ3) is 3.99. The Morgan fingerprint density at radius 2 is 2.12 bits per heavy atom. The Morgan fingerprint density at radius 1 is 1.33 bits per heavy atom. The first kappa shape index (κ1) is 17.9. The Labute approximate surface area is 148 Å². The predicted molar refractivity (Wildman–Crippen MR) is 92.3 cm³/mol. The van der Waals surface area contributed by atoms with E-state index < -0.39 is 5.79 Å². The number of aryl methyl sites for hydroxylation is 1. The lowest BCUT2D eigenvalue weighted by Crippen LogP contribution is -2.40. The second-order valence-electron chi connectivity index (χ2n) is 6.38. The fourth-order valence-electron chi connectivity index (χ4n) is 3.36. The molecule has 134 valence electrons. The summed E-state index contributed by atoms with van der Waals surface area (Å²) < 4.78 is 17.5. The molecule has 2 fully saturated rings. The molecule has 6 nitrogen and oxygen atoms in total. The van der Waals surface area contributed by atoms with Gasteiger partial charge < -0.3 is 19.5 Å². The highest BCUT2D eigenvalue weighted by Crippen LogP contribution is 2.39. The monoisotopic (exact) mass is 355 g/mol. The normalized spacial score (nSPS) is 30.0. The summed E-state index contributed by atoms with van der Waals surface area (Å²) in [6.07, 6.45) is 6.09. The Balaban J connectivity index is 1.53. The van der Waals surface area contributed by atoms with Gasteiger partial charge in [-0.3, -0.25) is 0 Å². The van der Waals surface area contributed by atoms with Gasteiger partial charge in [-0.05, 0) is 26.2 Å². The average molecular weight is 356 g/mol. The van der Waals surface area contributed by atoms with Crippen LogP contribution in [0.15, 0.2) is 6.33 Å². The van der Waals surface area contributed by atoms with E-state index in [-0.39, 0.29) is 6.10 Å². The summed E-state index contributed by atoms with van der Waals surface area (Å²) in [5.41, 5.74) is 0.877. The molecule has 7 heteroatoms. The van der Waals surface area contributed by atoms with Crippen LogP contribution < -0.4 is 5.32 Å². The lowest BCUT2D eigenvalue weighted by molar-refractivity contribution is -0.192. The molecule has 24 heavy (non-hydrogen) atoms. The number of halogens is 1. The smallest absolute Gasteiger partial charge is 0.169 e. The van der Waals surface area contributed by atoms with Crippen molar-refractivity contribution in [3.05, 3.63) is 17.0 Å². The molecule has 0 bridgehead atoms. The number of ether oxygens (including phenoxy) is 3. The molecule has 1 saturated carbocycles. The van der Waals surface area contributed by atoms with E-state index in [9.17, 15) is 0 Å². The lowest BCUT2D eigenvalue weighted by Gasteiger charge is -2.36. The minimum atomic E-state index is -0.427. The maximum Gasteiger partial charge on any atom is 0.169 e. The minimum absolute atomic E-state index is 0.0536. The van der Waals surface area contributed by atoms with Gasteiger partial charge in [-0.15, -0.1) is 0 Å². The number of nitrogens with one attached hydrogen (secondary N) is 1. The third-order valence-corrected chi connectivity index (χ3v) is 5.10. The highest BCUT2D eigenvalue weighted by molar-refractivity contribution is 6.33. The van der Waals surface area contributed by atoms with E-state index in [0.29, 0.717) is 30.9 Å². The molecule has 1 saturated heterocycles. The molecular weight excluding hydrogens is 330 g/mol. The fraction of sp³-hybridized carbons (Fsp3) is 0.765. The van der Waals surface area contributed by atoms with E-state index in [1.165, 1.54) is 0 Å². The van der Waals surface area contributed by atoms with Crippen LogP contribution in [0.3, 0.4) is 0 Å². The number of hydrogen-bond donors (Lipinski definition) is 1. The van der Waals surface area contributed by atoms with Crippen LogP contribution in [0.1, 0.15) is 45.2 Å². The van der Waals surface area contributed by atoms with E-state index in [2.05, 4.69) is 15.3 Å². The van der Waals surface area contributed by atoms with Gasteiger partial charge in [-0.25, -0.2) is 9.97 Å². The predicted octanol–water partition coefficient (Wildman–Crippen LogP) is 3.20. The van der Waals surface area contributed by atoms with E-state index in [1.54, 1.807) is 6.33 Å². The summed E-state index contributed by atoms with van der Waals surface area (Å²) in [6.45, 7) is 5.96. The Morgan fingerprint density at radius 3 is 2.83 bits per heavy atom. The van der Waals surface area contributed by atoms with Crippen molar-refractivity contribution in [1.82, 2.24) is 9.97 Å². The molecule has 2 heterocycles. The maximum atomic E-state index is 6.37. The van der Waals surface area contributed by atoms with Gasteiger partial charge in [-0.2, -0.15) is 0 Å². The lowest BCUT2D eigenvalue weighted by atomic mass is 9.90. The van der Waals surface area contributed by atoms with Gasteiger partial charge in [0.05, 0.1) is 18.9 Å². The highest BCUT2D eigenvalue weighted by atomic mass is 35.5. The summed E-state index contributed by atoms with van der Waals surface area (Å²) in [5, 5.41) is 4.09. The van der Waals surface area contributed by atoms with Gasteiger partial charge in [-0.1, -0.05) is 18.5 Å². The van der Waals surface area contributed by atoms with Crippen molar-refractivity contribution in [2.45, 2.75) is 63.9 Å². The molecule has 0 radical (unpaired) electrons. The second kappa shape index (κ2) is 7.95. The number of aromatic nitrogens is 2. The third-order valence-electron chi connectivity index (χ3n) is 4.71. The number of anilines is 1. The highest BCUT2D eigenvalue weighted by Gasteiger charge is 2.44. The van der Waals surface area contributed by atoms with Crippen LogP contribution in [0, 0.1) is 0 Å². The van der Waals surface area contributed by atoms with Crippen molar-refractivity contribution in [2.75, 3.05) is 25.1 Å². The Bertz CT molecular complexity index is 550. The zero-order valence-electron chi connectivity index (χ0n) is 14.4. The number of rotatable bonds is 6. The Kier molecular flexibility index (Phi) is 5.92. The Hall–Kier alpha value is -0.950. The van der Waals surface area contributed by atoms with Crippen LogP contribution in [0.25, 0.3) is 0 Å². The second-order valence-corrected chi connectivity index (χ2v) is 6.75. The van der Waals surface area contributed by atoms with Crippen molar-refractivity contribution in [3.63, 3.8) is 0 Å². The van der Waals surface area contributed by atoms with Gasteiger partial charge in [0.25, 0.3) is 0 Å². The molecule has 1 aliphatic heterocycles. The molecule has 0 amide bonds. The SMILES string of the molecule is CCOCC1COC2(CCC(Nc3ncnc(CC)c3Cl)CC2)O1. The van der Waals surface area contributed by atoms with Crippen LogP contribution >= 0.6 is 11.6 Å². The van der Waals surface area contributed by atoms with Crippen molar-refractivity contribution < 1.29 is 14.2 Å². The largest absolute Gasteiger partial charge is 0.379 e. The van der Waals surface area contributed by atoms with E-state index >= 15 is 0 Å². The van der Waals surface area contributed by atoms with Crippen LogP contribution in [-0.2, 0) is 20.6 Å². The molecule has 1 aromatic rings. The molecule has 0 aromatic carbocycles. The van der Waals surface area contributed by atoms with Gasteiger partial charge >= 0.3 is 0 Å². The van der Waals surface area contributed by atoms with Crippen LogP contribution in [0.4, 0.5) is 5.82 Å². The molecule has 1 N–H and O–H groups in total.